The Kier molecular flexibility index (Phi) is 4.13. The van der Waals surface area contributed by atoms with Gasteiger partial charge in [0.1, 0.15) is 5.56 Å². The quantitative estimate of drug-likeness (QED) is 0.499. The fourth-order valence-corrected chi connectivity index (χ4v) is 1.75. The molecule has 8 heteroatoms. The molecule has 0 bridgehead atoms. The van der Waals surface area contributed by atoms with E-state index < -0.39 is 40.6 Å². The van der Waals surface area contributed by atoms with Gasteiger partial charge in [-0.25, -0.2) is 22.0 Å². The summed E-state index contributed by atoms with van der Waals surface area (Å²) in [6, 6.07) is 5.47. The van der Waals surface area contributed by atoms with Gasteiger partial charge in [-0.05, 0) is 18.2 Å². The number of amides is 1. The van der Waals surface area contributed by atoms with Gasteiger partial charge in [0.2, 0.25) is 5.82 Å². The number of rotatable bonds is 2. The molecule has 0 saturated carbocycles. The summed E-state index contributed by atoms with van der Waals surface area (Å²) in [6.45, 7) is 0. The molecule has 1 amide bonds. The highest BCUT2D eigenvalue weighted by atomic mass is 35.5. The molecule has 0 spiro atoms. The van der Waals surface area contributed by atoms with E-state index in [1.165, 1.54) is 24.3 Å². The average Bonchev–Trinajstić information content (AvgIpc) is 2.43. The Labute approximate surface area is 120 Å². The second-order valence-corrected chi connectivity index (χ2v) is 4.35. The van der Waals surface area contributed by atoms with Crippen molar-refractivity contribution in [2.75, 3.05) is 5.32 Å². The summed E-state index contributed by atoms with van der Waals surface area (Å²) >= 11 is 5.64. The van der Waals surface area contributed by atoms with E-state index in [-0.39, 0.29) is 10.7 Å². The van der Waals surface area contributed by atoms with Crippen LogP contribution in [0.15, 0.2) is 24.3 Å². The van der Waals surface area contributed by atoms with Gasteiger partial charge in [-0.3, -0.25) is 4.79 Å². The van der Waals surface area contributed by atoms with Crippen molar-refractivity contribution in [3.63, 3.8) is 0 Å². The maximum absolute atomic E-state index is 13.4. The highest BCUT2D eigenvalue weighted by Gasteiger charge is 2.29. The number of nitrogens with one attached hydrogen (secondary N) is 1. The van der Waals surface area contributed by atoms with Crippen molar-refractivity contribution in [1.82, 2.24) is 0 Å². The molecule has 21 heavy (non-hydrogen) atoms. The van der Waals surface area contributed by atoms with Crippen molar-refractivity contribution in [1.29, 1.82) is 0 Å². The topological polar surface area (TPSA) is 29.1 Å². The molecule has 0 aliphatic rings. The van der Waals surface area contributed by atoms with Crippen molar-refractivity contribution in [2.45, 2.75) is 0 Å². The van der Waals surface area contributed by atoms with Crippen molar-refractivity contribution < 1.29 is 26.7 Å². The molecule has 0 unspecified atom stereocenters. The molecule has 0 atom stereocenters. The molecule has 2 rings (SSSR count). The second-order valence-electron chi connectivity index (χ2n) is 3.91. The van der Waals surface area contributed by atoms with Gasteiger partial charge in [0.05, 0.1) is 0 Å². The molecule has 0 fully saturated rings. The van der Waals surface area contributed by atoms with Crippen LogP contribution >= 0.6 is 11.6 Å². The SMILES string of the molecule is O=C(Nc1cccc(Cl)c1)c1c(F)c(F)c(F)c(F)c1F. The summed E-state index contributed by atoms with van der Waals surface area (Å²) in [4.78, 5) is 11.7. The van der Waals surface area contributed by atoms with Crippen molar-refractivity contribution in [3.05, 3.63) is 63.9 Å². The van der Waals surface area contributed by atoms with Gasteiger partial charge in [0.15, 0.2) is 23.3 Å². The van der Waals surface area contributed by atoms with Gasteiger partial charge >= 0.3 is 0 Å². The van der Waals surface area contributed by atoms with Crippen molar-refractivity contribution in [3.8, 4) is 0 Å². The number of hydrogen-bond donors (Lipinski definition) is 1. The van der Waals surface area contributed by atoms with E-state index >= 15 is 0 Å². The second kappa shape index (κ2) is 5.69. The minimum Gasteiger partial charge on any atom is -0.322 e. The molecular weight excluding hydrogens is 317 g/mol. The highest BCUT2D eigenvalue weighted by Crippen LogP contribution is 2.24. The van der Waals surface area contributed by atoms with Gasteiger partial charge in [-0.15, -0.1) is 0 Å². The van der Waals surface area contributed by atoms with Gasteiger partial charge in [0, 0.05) is 10.7 Å². The number of anilines is 1. The standard InChI is InChI=1S/C13H5ClF5NO/c14-5-2-1-3-6(4-5)20-13(21)7-8(15)10(17)12(19)11(18)9(7)16/h1-4H,(H,20,21). The predicted octanol–water partition coefficient (Wildman–Crippen LogP) is 4.29. The molecule has 0 aromatic heterocycles. The van der Waals surface area contributed by atoms with E-state index in [4.69, 9.17) is 11.6 Å². The van der Waals surface area contributed by atoms with Crippen LogP contribution in [0.3, 0.4) is 0 Å². The van der Waals surface area contributed by atoms with Gasteiger partial charge in [-0.2, -0.15) is 0 Å². The molecule has 0 aliphatic carbocycles. The van der Waals surface area contributed by atoms with E-state index in [0.717, 1.165) is 0 Å². The molecule has 1 N–H and O–H groups in total. The first-order chi connectivity index (χ1) is 9.82. The number of hydrogen-bond acceptors (Lipinski definition) is 1. The first-order valence-corrected chi connectivity index (χ1v) is 5.79. The van der Waals surface area contributed by atoms with Crippen molar-refractivity contribution >= 4 is 23.2 Å². The van der Waals surface area contributed by atoms with Crippen LogP contribution in [0.5, 0.6) is 0 Å². The minimum absolute atomic E-state index is 0.0384. The Morgan fingerprint density at radius 2 is 1.43 bits per heavy atom. The molecule has 0 radical (unpaired) electrons. The molecular formula is C13H5ClF5NO. The highest BCUT2D eigenvalue weighted by molar-refractivity contribution is 6.30. The molecule has 0 heterocycles. The van der Waals surface area contributed by atoms with E-state index in [1.54, 1.807) is 0 Å². The zero-order valence-electron chi connectivity index (χ0n) is 9.99. The Balaban J connectivity index is 2.45. The zero-order chi connectivity index (χ0) is 15.7. The Bertz CT molecular complexity index is 706. The lowest BCUT2D eigenvalue weighted by Gasteiger charge is -2.09. The van der Waals surface area contributed by atoms with E-state index in [1.807, 2.05) is 5.32 Å². The third-order valence-electron chi connectivity index (χ3n) is 2.52. The minimum atomic E-state index is -2.33. The fraction of sp³-hybridized carbons (Fsp3) is 0. The van der Waals surface area contributed by atoms with Gasteiger partial charge in [-0.1, -0.05) is 17.7 Å². The van der Waals surface area contributed by atoms with Crippen LogP contribution in [0.2, 0.25) is 5.02 Å². The van der Waals surface area contributed by atoms with Crippen LogP contribution in [0.25, 0.3) is 0 Å². The smallest absolute Gasteiger partial charge is 0.261 e. The van der Waals surface area contributed by atoms with E-state index in [0.29, 0.717) is 0 Å². The maximum atomic E-state index is 13.4. The summed E-state index contributed by atoms with van der Waals surface area (Å²) in [6.07, 6.45) is 0. The maximum Gasteiger partial charge on any atom is 0.261 e. The molecule has 2 nitrogen and oxygen atoms in total. The molecule has 2 aromatic rings. The van der Waals surface area contributed by atoms with Crippen LogP contribution in [-0.4, -0.2) is 5.91 Å². The molecule has 2 aromatic carbocycles. The van der Waals surface area contributed by atoms with Crippen LogP contribution < -0.4 is 5.32 Å². The fourth-order valence-electron chi connectivity index (χ4n) is 1.56. The number of carbonyl (C=O) groups excluding carboxylic acids is 1. The summed E-state index contributed by atoms with van der Waals surface area (Å²) in [5.41, 5.74) is -1.53. The monoisotopic (exact) mass is 321 g/mol. The lowest BCUT2D eigenvalue weighted by molar-refractivity contribution is 0.101. The largest absolute Gasteiger partial charge is 0.322 e. The van der Waals surface area contributed by atoms with Crippen LogP contribution in [0.1, 0.15) is 10.4 Å². The molecule has 0 saturated heterocycles. The lowest BCUT2D eigenvalue weighted by atomic mass is 10.1. The molecule has 0 aliphatic heterocycles. The van der Waals surface area contributed by atoms with Crippen LogP contribution in [-0.2, 0) is 0 Å². The summed E-state index contributed by atoms with van der Waals surface area (Å²) in [5.74, 6) is -12.6. The summed E-state index contributed by atoms with van der Waals surface area (Å²) < 4.78 is 65.7. The van der Waals surface area contributed by atoms with Crippen molar-refractivity contribution in [2.24, 2.45) is 0 Å². The van der Waals surface area contributed by atoms with Crippen LogP contribution in [0, 0.1) is 29.1 Å². The Morgan fingerprint density at radius 3 is 1.95 bits per heavy atom. The third kappa shape index (κ3) is 2.82. The number of carbonyl (C=O) groups is 1. The lowest BCUT2D eigenvalue weighted by Crippen LogP contribution is -2.19. The Morgan fingerprint density at radius 1 is 0.905 bits per heavy atom. The zero-order valence-corrected chi connectivity index (χ0v) is 10.7. The summed E-state index contributed by atoms with van der Waals surface area (Å²) in [7, 11) is 0. The van der Waals surface area contributed by atoms with E-state index in [2.05, 4.69) is 0 Å². The van der Waals surface area contributed by atoms with Gasteiger partial charge in [0.25, 0.3) is 5.91 Å². The van der Waals surface area contributed by atoms with Crippen LogP contribution in [0.4, 0.5) is 27.6 Å². The molecule has 110 valence electrons. The summed E-state index contributed by atoms with van der Waals surface area (Å²) in [5, 5.41) is 2.21. The normalized spacial score (nSPS) is 10.6. The average molecular weight is 322 g/mol. The third-order valence-corrected chi connectivity index (χ3v) is 2.75. The number of benzene rings is 2. The van der Waals surface area contributed by atoms with Gasteiger partial charge < -0.3 is 5.32 Å². The number of halogens is 6. The predicted molar refractivity (Wildman–Crippen MR) is 65.6 cm³/mol. The Hall–Kier alpha value is -2.15. The first kappa shape index (κ1) is 15.2. The van der Waals surface area contributed by atoms with E-state index in [9.17, 15) is 26.7 Å². The first-order valence-electron chi connectivity index (χ1n) is 5.41.